The lowest BCUT2D eigenvalue weighted by Gasteiger charge is -2.09. The summed E-state index contributed by atoms with van der Waals surface area (Å²) in [7, 11) is -3.84. The van der Waals surface area contributed by atoms with Gasteiger partial charge in [-0.3, -0.25) is 4.79 Å². The molecule has 0 radical (unpaired) electrons. The van der Waals surface area contributed by atoms with Crippen LogP contribution in [0.3, 0.4) is 0 Å². The van der Waals surface area contributed by atoms with Gasteiger partial charge in [-0.1, -0.05) is 4.49 Å². The first-order valence-corrected chi connectivity index (χ1v) is 9.69. The highest BCUT2D eigenvalue weighted by Gasteiger charge is 2.16. The summed E-state index contributed by atoms with van der Waals surface area (Å²) in [6.07, 6.45) is 0. The number of rotatable bonds is 5. The minimum Gasteiger partial charge on any atom is -0.321 e. The molecule has 0 aliphatic carbocycles. The van der Waals surface area contributed by atoms with Crippen molar-refractivity contribution < 1.29 is 13.2 Å². The summed E-state index contributed by atoms with van der Waals surface area (Å²) in [5.41, 5.74) is 1.94. The van der Waals surface area contributed by atoms with E-state index in [1.54, 1.807) is 19.9 Å². The summed E-state index contributed by atoms with van der Waals surface area (Å²) in [6.45, 7) is 3.50. The van der Waals surface area contributed by atoms with Gasteiger partial charge in [0.25, 0.3) is 15.9 Å². The maximum Gasteiger partial charge on any atom is 0.277 e. The van der Waals surface area contributed by atoms with Gasteiger partial charge in [0.1, 0.15) is 0 Å². The summed E-state index contributed by atoms with van der Waals surface area (Å²) in [5.74, 6) is -0.410. The van der Waals surface area contributed by atoms with Gasteiger partial charge in [0, 0.05) is 22.5 Å². The lowest BCUT2D eigenvalue weighted by atomic mass is 10.3. The Bertz CT molecular complexity index is 1010. The lowest BCUT2D eigenvalue weighted by Crippen LogP contribution is -2.16. The number of sulfonamides is 1. The third-order valence-corrected chi connectivity index (χ3v) is 5.07. The van der Waals surface area contributed by atoms with Crippen molar-refractivity contribution in [1.82, 2.24) is 19.6 Å². The van der Waals surface area contributed by atoms with E-state index in [0.29, 0.717) is 17.1 Å². The molecule has 0 bridgehead atoms. The first kappa shape index (κ1) is 17.9. The largest absolute Gasteiger partial charge is 0.321 e. The smallest absolute Gasteiger partial charge is 0.277 e. The van der Waals surface area contributed by atoms with Crippen LogP contribution in [0, 0.1) is 13.8 Å². The summed E-state index contributed by atoms with van der Waals surface area (Å²) < 4.78 is 30.9. The molecule has 0 aliphatic heterocycles. The van der Waals surface area contributed by atoms with Gasteiger partial charge < -0.3 is 5.32 Å². The minimum atomic E-state index is -3.84. The van der Waals surface area contributed by atoms with Crippen LogP contribution in [-0.2, 0) is 10.0 Å². The number of amides is 1. The van der Waals surface area contributed by atoms with Gasteiger partial charge >= 0.3 is 0 Å². The van der Waals surface area contributed by atoms with Gasteiger partial charge in [-0.25, -0.2) is 23.1 Å². The van der Waals surface area contributed by atoms with E-state index in [1.165, 1.54) is 29.6 Å². The maximum absolute atomic E-state index is 12.4. The Morgan fingerprint density at radius 1 is 1.08 bits per heavy atom. The van der Waals surface area contributed by atoms with Crippen LogP contribution < -0.4 is 10.0 Å². The third-order valence-electron chi connectivity index (χ3n) is 3.22. The third kappa shape index (κ3) is 4.18. The normalized spacial score (nSPS) is 11.2. The SMILES string of the molecule is Cc1cc(C)nc(NS(=O)(=O)c2ccc(NC(=O)c3csnn3)cc2)n1. The average Bonchev–Trinajstić information content (AvgIpc) is 3.08. The van der Waals surface area contributed by atoms with Crippen LogP contribution in [0.2, 0.25) is 0 Å². The number of nitrogens with one attached hydrogen (secondary N) is 2. The molecular weight excluding hydrogens is 376 g/mol. The molecule has 0 saturated carbocycles. The maximum atomic E-state index is 12.4. The molecule has 2 N–H and O–H groups in total. The zero-order valence-electron chi connectivity index (χ0n) is 13.8. The number of carbonyl (C=O) groups is 1. The zero-order chi connectivity index (χ0) is 18.7. The Kier molecular flexibility index (Phi) is 4.91. The molecule has 0 saturated heterocycles. The summed E-state index contributed by atoms with van der Waals surface area (Å²) in [5, 5.41) is 7.80. The van der Waals surface area contributed by atoms with Crippen molar-refractivity contribution in [3.05, 3.63) is 52.8 Å². The predicted octanol–water partition coefficient (Wildman–Crippen LogP) is 2.00. The molecule has 1 amide bonds. The molecule has 0 fully saturated rings. The molecule has 3 rings (SSSR count). The van der Waals surface area contributed by atoms with Crippen LogP contribution in [0.25, 0.3) is 0 Å². The van der Waals surface area contributed by atoms with Gasteiger partial charge in [0.05, 0.1) is 4.90 Å². The molecule has 1 aromatic carbocycles. The Morgan fingerprint density at radius 2 is 1.73 bits per heavy atom. The highest BCUT2D eigenvalue weighted by Crippen LogP contribution is 2.17. The molecule has 0 spiro atoms. The molecule has 2 aromatic heterocycles. The van der Waals surface area contributed by atoms with Crippen molar-refractivity contribution >= 4 is 39.1 Å². The van der Waals surface area contributed by atoms with Gasteiger partial charge in [0.2, 0.25) is 5.95 Å². The summed E-state index contributed by atoms with van der Waals surface area (Å²) in [4.78, 5) is 20.0. The quantitative estimate of drug-likeness (QED) is 0.682. The Balaban J connectivity index is 1.75. The Morgan fingerprint density at radius 3 is 2.31 bits per heavy atom. The fourth-order valence-electron chi connectivity index (χ4n) is 2.13. The van der Waals surface area contributed by atoms with Gasteiger partial charge in [-0.15, -0.1) is 5.10 Å². The molecule has 26 heavy (non-hydrogen) atoms. The van der Waals surface area contributed by atoms with Gasteiger partial charge in [-0.05, 0) is 55.7 Å². The second kappa shape index (κ2) is 7.14. The topological polar surface area (TPSA) is 127 Å². The number of hydrogen-bond donors (Lipinski definition) is 2. The molecule has 0 atom stereocenters. The standard InChI is InChI=1S/C15H14N6O3S2/c1-9-7-10(2)17-15(16-9)20-26(23,24)12-5-3-11(4-6-12)18-14(22)13-8-25-21-19-13/h3-8H,1-2H3,(H,18,22)(H,16,17,20). The monoisotopic (exact) mass is 390 g/mol. The van der Waals surface area contributed by atoms with E-state index in [1.807, 2.05) is 0 Å². The number of aromatic nitrogens is 4. The fourth-order valence-corrected chi connectivity index (χ4v) is 3.51. The van der Waals surface area contributed by atoms with E-state index in [2.05, 4.69) is 29.6 Å². The van der Waals surface area contributed by atoms with Crippen LogP contribution in [-0.4, -0.2) is 33.9 Å². The summed E-state index contributed by atoms with van der Waals surface area (Å²) >= 11 is 1.07. The summed E-state index contributed by atoms with van der Waals surface area (Å²) in [6, 6.07) is 7.45. The van der Waals surface area contributed by atoms with E-state index in [-0.39, 0.29) is 16.5 Å². The van der Waals surface area contributed by atoms with Crippen LogP contribution in [0.5, 0.6) is 0 Å². The van der Waals surface area contributed by atoms with E-state index in [0.717, 1.165) is 11.5 Å². The molecule has 0 aliphatic rings. The van der Waals surface area contributed by atoms with Crippen molar-refractivity contribution in [2.75, 3.05) is 10.0 Å². The Labute approximate surface area is 153 Å². The van der Waals surface area contributed by atoms with Crippen molar-refractivity contribution in [2.24, 2.45) is 0 Å². The zero-order valence-corrected chi connectivity index (χ0v) is 15.4. The van der Waals surface area contributed by atoms with E-state index in [4.69, 9.17) is 0 Å². The lowest BCUT2D eigenvalue weighted by molar-refractivity contribution is 0.102. The number of hydrogen-bond acceptors (Lipinski definition) is 8. The highest BCUT2D eigenvalue weighted by molar-refractivity contribution is 7.92. The van der Waals surface area contributed by atoms with E-state index < -0.39 is 15.9 Å². The van der Waals surface area contributed by atoms with Gasteiger partial charge in [0.15, 0.2) is 5.69 Å². The molecule has 3 aromatic rings. The minimum absolute atomic E-state index is 0.0101. The van der Waals surface area contributed by atoms with Crippen molar-refractivity contribution in [3.63, 3.8) is 0 Å². The van der Waals surface area contributed by atoms with Crippen LogP contribution in [0.4, 0.5) is 11.6 Å². The van der Waals surface area contributed by atoms with Crippen LogP contribution >= 0.6 is 11.5 Å². The highest BCUT2D eigenvalue weighted by atomic mass is 32.2. The predicted molar refractivity (Wildman–Crippen MR) is 96.6 cm³/mol. The molecule has 134 valence electrons. The van der Waals surface area contributed by atoms with Crippen molar-refractivity contribution in [3.8, 4) is 0 Å². The fraction of sp³-hybridized carbons (Fsp3) is 0.133. The Hall–Kier alpha value is -2.92. The number of aryl methyl sites for hydroxylation is 2. The number of carbonyl (C=O) groups excluding carboxylic acids is 1. The van der Waals surface area contributed by atoms with Gasteiger partial charge in [-0.2, -0.15) is 0 Å². The second-order valence-corrected chi connectivity index (χ2v) is 7.64. The van der Waals surface area contributed by atoms with Crippen molar-refractivity contribution in [1.29, 1.82) is 0 Å². The van der Waals surface area contributed by atoms with Crippen LogP contribution in [0.15, 0.2) is 40.6 Å². The van der Waals surface area contributed by atoms with Crippen LogP contribution in [0.1, 0.15) is 21.9 Å². The molecule has 2 heterocycles. The first-order valence-electron chi connectivity index (χ1n) is 7.37. The van der Waals surface area contributed by atoms with E-state index >= 15 is 0 Å². The van der Waals surface area contributed by atoms with Crippen molar-refractivity contribution in [2.45, 2.75) is 18.7 Å². The molecule has 0 unspecified atom stereocenters. The average molecular weight is 390 g/mol. The molecule has 11 heteroatoms. The second-order valence-electron chi connectivity index (χ2n) is 5.35. The molecular formula is C15H14N6O3S2. The van der Waals surface area contributed by atoms with E-state index in [9.17, 15) is 13.2 Å². The number of benzene rings is 1. The number of nitrogens with zero attached hydrogens (tertiary/aromatic N) is 4. The molecule has 9 nitrogen and oxygen atoms in total. The first-order chi connectivity index (χ1) is 12.3. The number of anilines is 2.